The van der Waals surface area contributed by atoms with Crippen LogP contribution in [0.25, 0.3) is 10.2 Å². The molecule has 0 aliphatic rings. The van der Waals surface area contributed by atoms with Gasteiger partial charge in [-0.1, -0.05) is 25.1 Å². The number of carbonyl (C=O) groups is 1. The number of rotatable bonds is 8. The topological polar surface area (TPSA) is 68.3 Å². The zero-order valence-electron chi connectivity index (χ0n) is 17.6. The van der Waals surface area contributed by atoms with Crippen LogP contribution in [0.5, 0.6) is 0 Å². The molecule has 0 fully saturated rings. The molecular formula is C21H27N3O3S2. The van der Waals surface area contributed by atoms with Gasteiger partial charge in [0.25, 0.3) is 5.56 Å². The molecule has 156 valence electrons. The van der Waals surface area contributed by atoms with Crippen LogP contribution in [0.15, 0.2) is 26.5 Å². The Morgan fingerprint density at radius 3 is 2.72 bits per heavy atom. The molecule has 1 amide bonds. The Morgan fingerprint density at radius 2 is 2.07 bits per heavy atom. The lowest BCUT2D eigenvalue weighted by Gasteiger charge is -2.16. The summed E-state index contributed by atoms with van der Waals surface area (Å²) in [5.41, 5.74) is 1.01. The fraction of sp³-hybridized carbons (Fsp3) is 0.476. The highest BCUT2D eigenvalue weighted by molar-refractivity contribution is 7.99. The summed E-state index contributed by atoms with van der Waals surface area (Å²) in [5, 5.41) is 1.33. The van der Waals surface area contributed by atoms with Crippen LogP contribution in [0, 0.1) is 20.8 Å². The summed E-state index contributed by atoms with van der Waals surface area (Å²) < 4.78 is 7.29. The first-order valence-corrected chi connectivity index (χ1v) is 11.5. The Morgan fingerprint density at radius 1 is 1.31 bits per heavy atom. The predicted octanol–water partition coefficient (Wildman–Crippen LogP) is 4.53. The average molecular weight is 434 g/mol. The molecule has 0 saturated heterocycles. The Kier molecular flexibility index (Phi) is 6.85. The van der Waals surface area contributed by atoms with Gasteiger partial charge < -0.3 is 9.32 Å². The number of amides is 1. The highest BCUT2D eigenvalue weighted by Gasteiger charge is 2.18. The van der Waals surface area contributed by atoms with E-state index in [2.05, 4.69) is 6.92 Å². The number of hydrogen-bond acceptors (Lipinski definition) is 6. The number of nitrogens with zero attached hydrogens (tertiary/aromatic N) is 3. The Balaban J connectivity index is 1.80. The van der Waals surface area contributed by atoms with Gasteiger partial charge >= 0.3 is 0 Å². The van der Waals surface area contributed by atoms with E-state index in [1.54, 1.807) is 16.5 Å². The number of aromatic nitrogens is 2. The van der Waals surface area contributed by atoms with Gasteiger partial charge in [-0.05, 0) is 44.9 Å². The van der Waals surface area contributed by atoms with E-state index in [0.717, 1.165) is 39.6 Å². The smallest absolute Gasteiger partial charge is 0.263 e. The van der Waals surface area contributed by atoms with Crippen molar-refractivity contribution in [3.63, 3.8) is 0 Å². The third-order valence-corrected chi connectivity index (χ3v) is 6.99. The summed E-state index contributed by atoms with van der Waals surface area (Å²) in [4.78, 5) is 34.0. The number of unbranched alkanes of at least 4 members (excludes halogenated alkanes) is 1. The van der Waals surface area contributed by atoms with Gasteiger partial charge in [0.05, 0.1) is 17.7 Å². The van der Waals surface area contributed by atoms with Crippen LogP contribution in [-0.2, 0) is 17.9 Å². The minimum atomic E-state index is -0.0287. The van der Waals surface area contributed by atoms with Gasteiger partial charge in [0.2, 0.25) is 5.91 Å². The van der Waals surface area contributed by atoms with Gasteiger partial charge in [0.15, 0.2) is 5.16 Å². The van der Waals surface area contributed by atoms with Gasteiger partial charge in [0, 0.05) is 18.5 Å². The molecule has 0 spiro atoms. The second-order valence-electron chi connectivity index (χ2n) is 7.22. The first kappa shape index (κ1) is 21.6. The van der Waals surface area contributed by atoms with Crippen LogP contribution in [0.1, 0.15) is 41.7 Å². The van der Waals surface area contributed by atoms with E-state index >= 15 is 0 Å². The molecule has 0 atom stereocenters. The summed E-state index contributed by atoms with van der Waals surface area (Å²) in [7, 11) is 1.76. The van der Waals surface area contributed by atoms with Gasteiger partial charge in [0.1, 0.15) is 16.4 Å². The van der Waals surface area contributed by atoms with Crippen LogP contribution in [-0.4, -0.2) is 33.2 Å². The maximum Gasteiger partial charge on any atom is 0.263 e. The molecule has 6 nitrogen and oxygen atoms in total. The van der Waals surface area contributed by atoms with E-state index in [4.69, 9.17) is 9.40 Å². The van der Waals surface area contributed by atoms with E-state index in [1.807, 2.05) is 32.9 Å². The first-order chi connectivity index (χ1) is 13.8. The van der Waals surface area contributed by atoms with Crippen molar-refractivity contribution >= 4 is 39.2 Å². The molecule has 0 unspecified atom stereocenters. The zero-order valence-corrected chi connectivity index (χ0v) is 19.2. The number of fused-ring (bicyclic) bond motifs is 1. The largest absolute Gasteiger partial charge is 0.464 e. The quantitative estimate of drug-likeness (QED) is 0.386. The van der Waals surface area contributed by atoms with Crippen molar-refractivity contribution in [1.82, 2.24) is 14.5 Å². The van der Waals surface area contributed by atoms with E-state index in [9.17, 15) is 9.59 Å². The monoisotopic (exact) mass is 433 g/mol. The van der Waals surface area contributed by atoms with Crippen molar-refractivity contribution in [2.75, 3.05) is 12.8 Å². The first-order valence-electron chi connectivity index (χ1n) is 9.74. The molecule has 0 bridgehead atoms. The molecule has 3 aromatic heterocycles. The summed E-state index contributed by atoms with van der Waals surface area (Å²) in [5.74, 6) is 1.78. The number of hydrogen-bond donors (Lipinski definition) is 0. The maximum absolute atomic E-state index is 13.1. The summed E-state index contributed by atoms with van der Waals surface area (Å²) in [6, 6.07) is 3.77. The molecule has 0 aliphatic heterocycles. The Bertz CT molecular complexity index is 1080. The van der Waals surface area contributed by atoms with Crippen LogP contribution < -0.4 is 5.56 Å². The van der Waals surface area contributed by atoms with Crippen LogP contribution in [0.4, 0.5) is 0 Å². The van der Waals surface area contributed by atoms with E-state index < -0.39 is 0 Å². The van der Waals surface area contributed by atoms with Gasteiger partial charge in [-0.15, -0.1) is 11.3 Å². The van der Waals surface area contributed by atoms with Crippen LogP contribution in [0.3, 0.4) is 0 Å². The summed E-state index contributed by atoms with van der Waals surface area (Å²) in [6.07, 6.45) is 1.88. The zero-order chi connectivity index (χ0) is 21.1. The standard InChI is InChI=1S/C21H27N3O3S2/c1-6-7-10-24-20(26)18-14(3)15(4)29-19(18)22-21(24)28-12-17(25)23(5)11-16-9-8-13(2)27-16/h8-9H,6-7,10-12H2,1-5H3. The lowest BCUT2D eigenvalue weighted by atomic mass is 10.2. The molecule has 0 N–H and O–H groups in total. The molecule has 0 aliphatic carbocycles. The maximum atomic E-state index is 13.1. The fourth-order valence-electron chi connectivity index (χ4n) is 3.06. The van der Waals surface area contributed by atoms with Crippen molar-refractivity contribution in [2.45, 2.75) is 58.8 Å². The van der Waals surface area contributed by atoms with Gasteiger partial charge in [-0.3, -0.25) is 14.2 Å². The van der Waals surface area contributed by atoms with Crippen molar-refractivity contribution in [1.29, 1.82) is 0 Å². The van der Waals surface area contributed by atoms with Crippen molar-refractivity contribution < 1.29 is 9.21 Å². The lowest BCUT2D eigenvalue weighted by molar-refractivity contribution is -0.127. The number of furan rings is 1. The molecule has 0 saturated carbocycles. The molecule has 3 aromatic rings. The minimum Gasteiger partial charge on any atom is -0.464 e. The number of aryl methyl sites for hydroxylation is 3. The van der Waals surface area contributed by atoms with Crippen molar-refractivity contribution in [3.8, 4) is 0 Å². The number of carbonyl (C=O) groups excluding carboxylic acids is 1. The molecule has 3 rings (SSSR count). The van der Waals surface area contributed by atoms with Gasteiger partial charge in [-0.2, -0.15) is 0 Å². The third kappa shape index (κ3) is 4.75. The molecule has 0 aromatic carbocycles. The van der Waals surface area contributed by atoms with Crippen molar-refractivity contribution in [3.05, 3.63) is 44.4 Å². The highest BCUT2D eigenvalue weighted by Crippen LogP contribution is 2.28. The SMILES string of the molecule is CCCCn1c(SCC(=O)N(C)Cc2ccc(C)o2)nc2sc(C)c(C)c2c1=O. The highest BCUT2D eigenvalue weighted by atomic mass is 32.2. The van der Waals surface area contributed by atoms with E-state index in [1.165, 1.54) is 23.1 Å². The minimum absolute atomic E-state index is 0.000311. The second kappa shape index (κ2) is 9.17. The Labute approximate surface area is 178 Å². The second-order valence-corrected chi connectivity index (χ2v) is 9.36. The molecular weight excluding hydrogens is 406 g/mol. The fourth-order valence-corrected chi connectivity index (χ4v) is 5.10. The summed E-state index contributed by atoms with van der Waals surface area (Å²) in [6.45, 7) is 9.00. The third-order valence-electron chi connectivity index (χ3n) is 4.93. The number of thiophene rings is 1. The molecule has 8 heteroatoms. The van der Waals surface area contributed by atoms with E-state index in [-0.39, 0.29) is 17.2 Å². The lowest BCUT2D eigenvalue weighted by Crippen LogP contribution is -2.28. The molecule has 0 radical (unpaired) electrons. The van der Waals surface area contributed by atoms with E-state index in [0.29, 0.717) is 23.6 Å². The number of thioether (sulfide) groups is 1. The molecule has 29 heavy (non-hydrogen) atoms. The molecule has 3 heterocycles. The normalized spacial score (nSPS) is 11.3. The van der Waals surface area contributed by atoms with Crippen molar-refractivity contribution in [2.24, 2.45) is 0 Å². The Hall–Kier alpha value is -2.06. The predicted molar refractivity (Wildman–Crippen MR) is 119 cm³/mol. The average Bonchev–Trinajstić information content (AvgIpc) is 3.21. The summed E-state index contributed by atoms with van der Waals surface area (Å²) >= 11 is 2.87. The van der Waals surface area contributed by atoms with Crippen LogP contribution in [0.2, 0.25) is 0 Å². The van der Waals surface area contributed by atoms with Gasteiger partial charge in [-0.25, -0.2) is 4.98 Å². The van der Waals surface area contributed by atoms with Crippen LogP contribution >= 0.6 is 23.1 Å².